The maximum absolute atomic E-state index is 12.0. The monoisotopic (exact) mass is 346 g/mol. The van der Waals surface area contributed by atoms with E-state index in [1.54, 1.807) is 12.1 Å². The second kappa shape index (κ2) is 8.65. The highest BCUT2D eigenvalue weighted by atomic mass is 16.5. The Morgan fingerprint density at radius 1 is 1.08 bits per heavy atom. The molecule has 3 amide bonds. The van der Waals surface area contributed by atoms with Crippen LogP contribution in [0.2, 0.25) is 0 Å². The fourth-order valence-corrected chi connectivity index (χ4v) is 3.20. The first kappa shape index (κ1) is 19.0. The van der Waals surface area contributed by atoms with Crippen molar-refractivity contribution in [2.75, 3.05) is 6.61 Å². The third-order valence-corrected chi connectivity index (χ3v) is 4.47. The SMILES string of the molecule is Cc1cc(C)cc(C(=O)OCC(=O)NC(=O)N[C@@H]2CCCC[C@@H]2C)c1. The first-order chi connectivity index (χ1) is 11.8. The van der Waals surface area contributed by atoms with Crippen molar-refractivity contribution in [3.8, 4) is 0 Å². The Morgan fingerprint density at radius 2 is 1.72 bits per heavy atom. The molecule has 6 heteroatoms. The summed E-state index contributed by atoms with van der Waals surface area (Å²) >= 11 is 0. The van der Waals surface area contributed by atoms with Gasteiger partial charge in [-0.15, -0.1) is 0 Å². The molecule has 1 aliphatic rings. The Balaban J connectivity index is 1.77. The predicted molar refractivity (Wildman–Crippen MR) is 94.3 cm³/mol. The summed E-state index contributed by atoms with van der Waals surface area (Å²) in [6.45, 7) is 5.37. The number of urea groups is 1. The van der Waals surface area contributed by atoms with E-state index >= 15 is 0 Å². The molecule has 1 fully saturated rings. The standard InChI is InChI=1S/C19H26N2O4/c1-12-8-13(2)10-15(9-12)18(23)25-11-17(22)21-19(24)20-16-7-5-4-6-14(16)3/h8-10,14,16H,4-7,11H2,1-3H3,(H2,20,21,22,24)/t14-,16+/m0/s1. The number of esters is 1. The molecular weight excluding hydrogens is 320 g/mol. The molecule has 2 N–H and O–H groups in total. The second-order valence-corrected chi connectivity index (χ2v) is 6.84. The van der Waals surface area contributed by atoms with Crippen molar-refractivity contribution in [1.29, 1.82) is 0 Å². The predicted octanol–water partition coefficient (Wildman–Crippen LogP) is 2.86. The van der Waals surface area contributed by atoms with Crippen molar-refractivity contribution in [3.63, 3.8) is 0 Å². The van der Waals surface area contributed by atoms with E-state index in [0.29, 0.717) is 11.5 Å². The van der Waals surface area contributed by atoms with Gasteiger partial charge in [0.15, 0.2) is 6.61 Å². The van der Waals surface area contributed by atoms with E-state index in [0.717, 1.165) is 30.4 Å². The molecule has 0 aliphatic heterocycles. The lowest BCUT2D eigenvalue weighted by Gasteiger charge is -2.29. The van der Waals surface area contributed by atoms with Crippen molar-refractivity contribution in [1.82, 2.24) is 10.6 Å². The number of ether oxygens (including phenoxy) is 1. The van der Waals surface area contributed by atoms with Gasteiger partial charge in [0.2, 0.25) is 0 Å². The van der Waals surface area contributed by atoms with Gasteiger partial charge < -0.3 is 10.1 Å². The molecule has 2 rings (SSSR count). The molecule has 136 valence electrons. The van der Waals surface area contributed by atoms with E-state index in [-0.39, 0.29) is 6.04 Å². The first-order valence-electron chi connectivity index (χ1n) is 8.71. The van der Waals surface area contributed by atoms with Gasteiger partial charge in [-0.1, -0.05) is 37.0 Å². The maximum atomic E-state index is 12.0. The van der Waals surface area contributed by atoms with Gasteiger partial charge >= 0.3 is 12.0 Å². The van der Waals surface area contributed by atoms with Gasteiger partial charge in [-0.25, -0.2) is 9.59 Å². The number of carbonyl (C=O) groups is 3. The number of imide groups is 1. The average molecular weight is 346 g/mol. The van der Waals surface area contributed by atoms with Crippen molar-refractivity contribution in [2.45, 2.75) is 52.5 Å². The van der Waals surface area contributed by atoms with Crippen LogP contribution < -0.4 is 10.6 Å². The van der Waals surface area contributed by atoms with E-state index in [2.05, 4.69) is 17.6 Å². The van der Waals surface area contributed by atoms with Crippen LogP contribution in [0.3, 0.4) is 0 Å². The highest BCUT2D eigenvalue weighted by Gasteiger charge is 2.23. The van der Waals surface area contributed by atoms with Gasteiger partial charge in [-0.05, 0) is 44.7 Å². The highest BCUT2D eigenvalue weighted by molar-refractivity contribution is 5.97. The van der Waals surface area contributed by atoms with Crippen LogP contribution in [0, 0.1) is 19.8 Å². The van der Waals surface area contributed by atoms with Crippen LogP contribution in [0.25, 0.3) is 0 Å². The minimum absolute atomic E-state index is 0.0827. The fraction of sp³-hybridized carbons (Fsp3) is 0.526. The molecule has 0 bridgehead atoms. The smallest absolute Gasteiger partial charge is 0.338 e. The second-order valence-electron chi connectivity index (χ2n) is 6.84. The number of aryl methyl sites for hydroxylation is 2. The maximum Gasteiger partial charge on any atom is 0.338 e. The highest BCUT2D eigenvalue weighted by Crippen LogP contribution is 2.23. The van der Waals surface area contributed by atoms with Gasteiger partial charge in [0.1, 0.15) is 0 Å². The summed E-state index contributed by atoms with van der Waals surface area (Å²) in [6.07, 6.45) is 4.25. The minimum atomic E-state index is -0.640. The molecule has 0 heterocycles. The Labute approximate surface area is 148 Å². The molecule has 25 heavy (non-hydrogen) atoms. The molecule has 0 saturated heterocycles. The topological polar surface area (TPSA) is 84.5 Å². The van der Waals surface area contributed by atoms with Crippen LogP contribution in [-0.2, 0) is 9.53 Å². The summed E-state index contributed by atoms with van der Waals surface area (Å²) in [6, 6.07) is 4.89. The molecule has 1 aromatic rings. The van der Waals surface area contributed by atoms with Gasteiger partial charge in [0.25, 0.3) is 5.91 Å². The zero-order valence-electron chi connectivity index (χ0n) is 15.1. The number of hydrogen-bond donors (Lipinski definition) is 2. The number of nitrogens with one attached hydrogen (secondary N) is 2. The normalized spacial score (nSPS) is 19.8. The van der Waals surface area contributed by atoms with E-state index < -0.39 is 24.5 Å². The fourth-order valence-electron chi connectivity index (χ4n) is 3.20. The van der Waals surface area contributed by atoms with Crippen LogP contribution in [0.1, 0.15) is 54.1 Å². The molecule has 6 nitrogen and oxygen atoms in total. The van der Waals surface area contributed by atoms with Crippen LogP contribution in [0.5, 0.6) is 0 Å². The van der Waals surface area contributed by atoms with Gasteiger partial charge in [0.05, 0.1) is 5.56 Å². The van der Waals surface area contributed by atoms with Gasteiger partial charge in [0, 0.05) is 6.04 Å². The first-order valence-corrected chi connectivity index (χ1v) is 8.71. The summed E-state index contributed by atoms with van der Waals surface area (Å²) in [7, 11) is 0. The van der Waals surface area contributed by atoms with Crippen LogP contribution in [0.4, 0.5) is 4.79 Å². The zero-order chi connectivity index (χ0) is 18.4. The lowest BCUT2D eigenvalue weighted by Crippen LogP contribution is -2.48. The summed E-state index contributed by atoms with van der Waals surface area (Å²) in [4.78, 5) is 35.7. The van der Waals surface area contributed by atoms with E-state index in [1.165, 1.54) is 6.42 Å². The van der Waals surface area contributed by atoms with Crippen LogP contribution in [0.15, 0.2) is 18.2 Å². The number of benzene rings is 1. The summed E-state index contributed by atoms with van der Waals surface area (Å²) < 4.78 is 4.98. The Kier molecular flexibility index (Phi) is 6.56. The van der Waals surface area contributed by atoms with E-state index in [9.17, 15) is 14.4 Å². The molecule has 1 saturated carbocycles. The number of hydrogen-bond acceptors (Lipinski definition) is 4. The number of rotatable bonds is 4. The Hall–Kier alpha value is -2.37. The summed E-state index contributed by atoms with van der Waals surface area (Å²) in [5.74, 6) is -0.820. The lowest BCUT2D eigenvalue weighted by atomic mass is 9.86. The summed E-state index contributed by atoms with van der Waals surface area (Å²) in [5, 5.41) is 5.03. The molecule has 0 aromatic heterocycles. The van der Waals surface area contributed by atoms with E-state index in [4.69, 9.17) is 4.74 Å². The third-order valence-electron chi connectivity index (χ3n) is 4.47. The minimum Gasteiger partial charge on any atom is -0.452 e. The number of amides is 3. The van der Waals surface area contributed by atoms with Crippen molar-refractivity contribution >= 4 is 17.9 Å². The average Bonchev–Trinajstić information content (AvgIpc) is 2.53. The third kappa shape index (κ3) is 5.89. The van der Waals surface area contributed by atoms with Crippen molar-refractivity contribution < 1.29 is 19.1 Å². The van der Waals surface area contributed by atoms with Crippen LogP contribution in [-0.4, -0.2) is 30.6 Å². The zero-order valence-corrected chi connectivity index (χ0v) is 15.1. The van der Waals surface area contributed by atoms with Gasteiger partial charge in [-0.3, -0.25) is 10.1 Å². The molecule has 2 atom stereocenters. The Bertz CT molecular complexity index is 637. The largest absolute Gasteiger partial charge is 0.452 e. The molecule has 0 radical (unpaired) electrons. The Morgan fingerprint density at radius 3 is 2.36 bits per heavy atom. The molecule has 1 aromatic carbocycles. The van der Waals surface area contributed by atoms with Crippen LogP contribution >= 0.6 is 0 Å². The molecule has 0 spiro atoms. The molecule has 1 aliphatic carbocycles. The van der Waals surface area contributed by atoms with Crippen molar-refractivity contribution in [3.05, 3.63) is 34.9 Å². The number of carbonyl (C=O) groups excluding carboxylic acids is 3. The quantitative estimate of drug-likeness (QED) is 0.821. The van der Waals surface area contributed by atoms with Gasteiger partial charge in [-0.2, -0.15) is 0 Å². The summed E-state index contributed by atoms with van der Waals surface area (Å²) in [5.41, 5.74) is 2.28. The molecular formula is C19H26N2O4. The molecule has 0 unspecified atom stereocenters. The van der Waals surface area contributed by atoms with E-state index in [1.807, 2.05) is 19.9 Å². The lowest BCUT2D eigenvalue weighted by molar-refractivity contribution is -0.123. The van der Waals surface area contributed by atoms with Crippen molar-refractivity contribution in [2.24, 2.45) is 5.92 Å².